The van der Waals surface area contributed by atoms with Crippen LogP contribution in [-0.2, 0) is 0 Å². The van der Waals surface area contributed by atoms with Crippen LogP contribution in [0.1, 0.15) is 29.0 Å². The maximum atomic E-state index is 11.7. The van der Waals surface area contributed by atoms with Gasteiger partial charge in [-0.3, -0.25) is 4.79 Å². The minimum Gasteiger partial charge on any atom is -0.377 e. The van der Waals surface area contributed by atoms with Gasteiger partial charge in [0.2, 0.25) is 0 Å². The van der Waals surface area contributed by atoms with E-state index in [1.54, 1.807) is 36.0 Å². The van der Waals surface area contributed by atoms with Gasteiger partial charge in [0.05, 0.1) is 27.8 Å². The van der Waals surface area contributed by atoms with Crippen LogP contribution in [0.25, 0.3) is 0 Å². The zero-order valence-corrected chi connectivity index (χ0v) is 12.2. The summed E-state index contributed by atoms with van der Waals surface area (Å²) in [5.41, 5.74) is 4.07. The molecule has 0 radical (unpaired) electrons. The molecular weight excluding hydrogens is 282 g/mol. The third-order valence-corrected chi connectivity index (χ3v) is 3.65. The van der Waals surface area contributed by atoms with Crippen molar-refractivity contribution in [3.63, 3.8) is 0 Å². The van der Waals surface area contributed by atoms with Crippen LogP contribution in [-0.4, -0.2) is 17.9 Å². The smallest absolute Gasteiger partial charge is 0.252 e. The van der Waals surface area contributed by atoms with Gasteiger partial charge in [-0.15, -0.1) is 11.3 Å². The van der Waals surface area contributed by atoms with Crippen molar-refractivity contribution in [2.45, 2.75) is 13.0 Å². The highest BCUT2D eigenvalue weighted by atomic mass is 35.5. The van der Waals surface area contributed by atoms with Crippen LogP contribution in [0.2, 0.25) is 5.02 Å². The Hall–Kier alpha value is -1.59. The fraction of sp³-hybridized carbons (Fsp3) is 0.231. The van der Waals surface area contributed by atoms with E-state index in [0.29, 0.717) is 10.6 Å². The Morgan fingerprint density at radius 1 is 1.47 bits per heavy atom. The molecular formula is C13H14ClN3OS. The summed E-state index contributed by atoms with van der Waals surface area (Å²) in [7, 11) is 1.58. The minimum absolute atomic E-state index is 0.0740. The van der Waals surface area contributed by atoms with Gasteiger partial charge in [0, 0.05) is 18.1 Å². The molecule has 0 saturated heterocycles. The molecule has 0 aliphatic rings. The van der Waals surface area contributed by atoms with Gasteiger partial charge >= 0.3 is 0 Å². The SMILES string of the molecule is CNC(=O)c1cc(NC(C)c2cscn2)ccc1Cl. The second-order valence-corrected chi connectivity index (χ2v) is 5.18. The maximum absolute atomic E-state index is 11.7. The van der Waals surface area contributed by atoms with Crippen LogP contribution in [0.15, 0.2) is 29.1 Å². The number of aromatic nitrogens is 1. The summed E-state index contributed by atoms with van der Waals surface area (Å²) in [5, 5.41) is 8.29. The lowest BCUT2D eigenvalue weighted by molar-refractivity contribution is 0.0963. The van der Waals surface area contributed by atoms with Gasteiger partial charge in [-0.25, -0.2) is 4.98 Å². The van der Waals surface area contributed by atoms with Crippen molar-refractivity contribution in [3.8, 4) is 0 Å². The van der Waals surface area contributed by atoms with Gasteiger partial charge in [-0.05, 0) is 25.1 Å². The van der Waals surface area contributed by atoms with Crippen molar-refractivity contribution in [1.29, 1.82) is 0 Å². The number of anilines is 1. The third kappa shape index (κ3) is 3.24. The normalized spacial score (nSPS) is 11.9. The van der Waals surface area contributed by atoms with Crippen molar-refractivity contribution in [2.75, 3.05) is 12.4 Å². The fourth-order valence-electron chi connectivity index (χ4n) is 1.68. The van der Waals surface area contributed by atoms with Crippen LogP contribution in [0, 0.1) is 0 Å². The van der Waals surface area contributed by atoms with Crippen LogP contribution in [0.4, 0.5) is 5.69 Å². The number of hydrogen-bond donors (Lipinski definition) is 2. The second kappa shape index (κ2) is 6.04. The van der Waals surface area contributed by atoms with Gasteiger partial charge in [-0.2, -0.15) is 0 Å². The number of amides is 1. The molecule has 1 heterocycles. The Kier molecular flexibility index (Phi) is 4.39. The molecule has 4 nitrogen and oxygen atoms in total. The van der Waals surface area contributed by atoms with E-state index in [1.165, 1.54) is 0 Å². The number of nitrogens with zero attached hydrogens (tertiary/aromatic N) is 1. The number of carbonyl (C=O) groups is 1. The number of benzene rings is 1. The van der Waals surface area contributed by atoms with Gasteiger partial charge in [0.15, 0.2) is 0 Å². The number of thiazole rings is 1. The van der Waals surface area contributed by atoms with Gasteiger partial charge in [0.1, 0.15) is 0 Å². The lowest BCUT2D eigenvalue weighted by atomic mass is 10.1. The summed E-state index contributed by atoms with van der Waals surface area (Å²) in [5.74, 6) is -0.199. The molecule has 0 spiro atoms. The molecule has 0 fully saturated rings. The Morgan fingerprint density at radius 3 is 2.89 bits per heavy atom. The van der Waals surface area contributed by atoms with E-state index in [2.05, 4.69) is 15.6 Å². The van der Waals surface area contributed by atoms with Crippen molar-refractivity contribution in [3.05, 3.63) is 45.4 Å². The molecule has 100 valence electrons. The van der Waals surface area contributed by atoms with Crippen molar-refractivity contribution in [2.24, 2.45) is 0 Å². The number of halogens is 1. The first-order chi connectivity index (χ1) is 9.11. The molecule has 1 unspecified atom stereocenters. The summed E-state index contributed by atoms with van der Waals surface area (Å²) in [4.78, 5) is 15.9. The molecule has 2 N–H and O–H groups in total. The minimum atomic E-state index is -0.199. The van der Waals surface area contributed by atoms with Gasteiger partial charge in [-0.1, -0.05) is 11.6 Å². The first-order valence-corrected chi connectivity index (χ1v) is 7.10. The topological polar surface area (TPSA) is 54.0 Å². The van der Waals surface area contributed by atoms with Crippen molar-refractivity contribution < 1.29 is 4.79 Å². The zero-order chi connectivity index (χ0) is 13.8. The van der Waals surface area contributed by atoms with E-state index in [1.807, 2.05) is 18.4 Å². The van der Waals surface area contributed by atoms with Gasteiger partial charge in [0.25, 0.3) is 5.91 Å². The highest BCUT2D eigenvalue weighted by Gasteiger charge is 2.12. The number of rotatable bonds is 4. The maximum Gasteiger partial charge on any atom is 0.252 e. The van der Waals surface area contributed by atoms with E-state index in [4.69, 9.17) is 11.6 Å². The van der Waals surface area contributed by atoms with E-state index in [0.717, 1.165) is 11.4 Å². The quantitative estimate of drug-likeness (QED) is 0.910. The molecule has 6 heteroatoms. The molecule has 0 aliphatic carbocycles. The summed E-state index contributed by atoms with van der Waals surface area (Å²) < 4.78 is 0. The molecule has 0 bridgehead atoms. The summed E-state index contributed by atoms with van der Waals surface area (Å²) >= 11 is 7.56. The molecule has 2 rings (SSSR count). The highest BCUT2D eigenvalue weighted by Crippen LogP contribution is 2.24. The predicted octanol–water partition coefficient (Wildman–Crippen LogP) is 3.33. The Morgan fingerprint density at radius 2 is 2.26 bits per heavy atom. The Balaban J connectivity index is 2.19. The summed E-state index contributed by atoms with van der Waals surface area (Å²) in [6, 6.07) is 5.37. The molecule has 0 aliphatic heterocycles. The summed E-state index contributed by atoms with van der Waals surface area (Å²) in [6.45, 7) is 2.02. The molecule has 2 aromatic rings. The third-order valence-electron chi connectivity index (χ3n) is 2.72. The molecule has 19 heavy (non-hydrogen) atoms. The van der Waals surface area contributed by atoms with E-state index in [9.17, 15) is 4.79 Å². The lowest BCUT2D eigenvalue weighted by Gasteiger charge is -2.14. The van der Waals surface area contributed by atoms with Crippen LogP contribution in [0.3, 0.4) is 0 Å². The molecule has 1 atom stereocenters. The Labute approximate surface area is 120 Å². The highest BCUT2D eigenvalue weighted by molar-refractivity contribution is 7.07. The van der Waals surface area contributed by atoms with Crippen LogP contribution in [0.5, 0.6) is 0 Å². The second-order valence-electron chi connectivity index (χ2n) is 4.05. The van der Waals surface area contributed by atoms with Crippen molar-refractivity contribution >= 4 is 34.5 Å². The average molecular weight is 296 g/mol. The van der Waals surface area contributed by atoms with E-state index in [-0.39, 0.29) is 11.9 Å². The first kappa shape index (κ1) is 13.8. The molecule has 1 aromatic heterocycles. The monoisotopic (exact) mass is 295 g/mol. The molecule has 0 saturated carbocycles. The molecule has 1 aromatic carbocycles. The predicted molar refractivity (Wildman–Crippen MR) is 79.0 cm³/mol. The standard InChI is InChI=1S/C13H14ClN3OS/c1-8(12-6-19-7-16-12)17-9-3-4-11(14)10(5-9)13(18)15-2/h3-8,17H,1-2H3,(H,15,18). The van der Waals surface area contributed by atoms with Gasteiger partial charge < -0.3 is 10.6 Å². The van der Waals surface area contributed by atoms with E-state index < -0.39 is 0 Å². The number of carbonyl (C=O) groups excluding carboxylic acids is 1. The Bertz CT molecular complexity index is 571. The molecule has 1 amide bonds. The lowest BCUT2D eigenvalue weighted by Crippen LogP contribution is -2.18. The number of nitrogens with one attached hydrogen (secondary N) is 2. The number of hydrogen-bond acceptors (Lipinski definition) is 4. The van der Waals surface area contributed by atoms with Crippen LogP contribution < -0.4 is 10.6 Å². The van der Waals surface area contributed by atoms with Crippen molar-refractivity contribution in [1.82, 2.24) is 10.3 Å². The van der Waals surface area contributed by atoms with Crippen LogP contribution >= 0.6 is 22.9 Å². The summed E-state index contributed by atoms with van der Waals surface area (Å²) in [6.07, 6.45) is 0. The fourth-order valence-corrected chi connectivity index (χ4v) is 2.53. The largest absolute Gasteiger partial charge is 0.377 e. The average Bonchev–Trinajstić information content (AvgIpc) is 2.94. The first-order valence-electron chi connectivity index (χ1n) is 5.78. The van der Waals surface area contributed by atoms with E-state index >= 15 is 0 Å². The zero-order valence-electron chi connectivity index (χ0n) is 10.6.